The number of Topliss-reactive ketones (excluding diaryl/α,β-unsaturated/α-hetero) is 1. The Morgan fingerprint density at radius 3 is 2.36 bits per heavy atom. The van der Waals surface area contributed by atoms with Gasteiger partial charge in [-0.2, -0.15) is 0 Å². The van der Waals surface area contributed by atoms with Crippen molar-refractivity contribution in [3.63, 3.8) is 0 Å². The highest BCUT2D eigenvalue weighted by Gasteiger charge is 2.17. The van der Waals surface area contributed by atoms with Crippen LogP contribution in [0.1, 0.15) is 26.3 Å². The van der Waals surface area contributed by atoms with Crippen molar-refractivity contribution in [3.05, 3.63) is 99.0 Å². The monoisotopic (exact) mass is 458 g/mol. The van der Waals surface area contributed by atoms with Crippen molar-refractivity contribution in [1.82, 2.24) is 0 Å². The third-order valence-electron chi connectivity index (χ3n) is 3.90. The minimum Gasteiger partial charge on any atom is -0.488 e. The van der Waals surface area contributed by atoms with Gasteiger partial charge in [0.15, 0.2) is 12.4 Å². The second-order valence-corrected chi connectivity index (χ2v) is 7.27. The van der Waals surface area contributed by atoms with Crippen molar-refractivity contribution in [2.75, 3.05) is 6.61 Å². The van der Waals surface area contributed by atoms with Crippen molar-refractivity contribution >= 4 is 39.3 Å². The van der Waals surface area contributed by atoms with Crippen LogP contribution < -0.4 is 4.74 Å². The fourth-order valence-electron chi connectivity index (χ4n) is 2.45. The molecule has 0 spiro atoms. The molecule has 3 rings (SSSR count). The van der Waals surface area contributed by atoms with Crippen molar-refractivity contribution in [2.24, 2.45) is 0 Å². The van der Waals surface area contributed by atoms with E-state index in [1.807, 2.05) is 30.3 Å². The molecule has 0 N–H and O–H groups in total. The first-order valence-corrected chi connectivity index (χ1v) is 9.62. The molecule has 3 aromatic rings. The number of hydrogen-bond donors (Lipinski definition) is 0. The van der Waals surface area contributed by atoms with E-state index in [1.54, 1.807) is 36.4 Å². The lowest BCUT2D eigenvalue weighted by molar-refractivity contribution is 0.0470. The molecular weight excluding hydrogens is 444 g/mol. The van der Waals surface area contributed by atoms with Crippen LogP contribution in [0.4, 0.5) is 0 Å². The highest BCUT2D eigenvalue weighted by molar-refractivity contribution is 9.10. The van der Waals surface area contributed by atoms with E-state index in [0.29, 0.717) is 22.9 Å². The number of benzene rings is 3. The summed E-state index contributed by atoms with van der Waals surface area (Å²) >= 11 is 9.33. The summed E-state index contributed by atoms with van der Waals surface area (Å²) in [4.78, 5) is 24.7. The van der Waals surface area contributed by atoms with Gasteiger partial charge < -0.3 is 9.47 Å². The van der Waals surface area contributed by atoms with Gasteiger partial charge in [0.1, 0.15) is 17.9 Å². The third kappa shape index (κ3) is 5.44. The molecule has 0 bridgehead atoms. The summed E-state index contributed by atoms with van der Waals surface area (Å²) in [5.74, 6) is -0.625. The van der Waals surface area contributed by atoms with Gasteiger partial charge in [-0.3, -0.25) is 4.79 Å². The van der Waals surface area contributed by atoms with Crippen LogP contribution in [0.2, 0.25) is 5.02 Å². The van der Waals surface area contributed by atoms with Gasteiger partial charge in [-0.05, 0) is 35.9 Å². The summed E-state index contributed by atoms with van der Waals surface area (Å²) in [7, 11) is 0. The lowest BCUT2D eigenvalue weighted by Crippen LogP contribution is -2.15. The minimum atomic E-state index is -0.670. The Labute approximate surface area is 176 Å². The molecule has 0 fully saturated rings. The summed E-state index contributed by atoms with van der Waals surface area (Å²) in [6, 6.07) is 21.1. The van der Waals surface area contributed by atoms with Crippen LogP contribution in [0.3, 0.4) is 0 Å². The molecule has 0 amide bonds. The highest BCUT2D eigenvalue weighted by atomic mass is 79.9. The average Bonchev–Trinajstić information content (AvgIpc) is 2.72. The Hall–Kier alpha value is -2.63. The molecule has 4 nitrogen and oxygen atoms in total. The molecule has 28 heavy (non-hydrogen) atoms. The maximum Gasteiger partial charge on any atom is 0.342 e. The molecule has 0 atom stereocenters. The normalized spacial score (nSPS) is 10.4. The molecule has 0 saturated heterocycles. The SMILES string of the molecule is O=C(COC(=O)c1cc(Cl)ccc1OCc1ccccc1)c1ccc(Br)cc1. The minimum absolute atomic E-state index is 0.173. The van der Waals surface area contributed by atoms with Crippen LogP contribution >= 0.6 is 27.5 Å². The fourth-order valence-corrected chi connectivity index (χ4v) is 2.89. The van der Waals surface area contributed by atoms with Crippen molar-refractivity contribution in [3.8, 4) is 5.75 Å². The zero-order valence-corrected chi connectivity index (χ0v) is 17.1. The molecule has 0 aliphatic rings. The Morgan fingerprint density at radius 2 is 1.64 bits per heavy atom. The first-order chi connectivity index (χ1) is 13.5. The molecule has 3 aromatic carbocycles. The van der Waals surface area contributed by atoms with E-state index in [4.69, 9.17) is 21.1 Å². The zero-order valence-electron chi connectivity index (χ0n) is 14.7. The second kappa shape index (κ2) is 9.53. The number of carbonyl (C=O) groups is 2. The smallest absolute Gasteiger partial charge is 0.342 e. The Bertz CT molecular complexity index is 972. The molecule has 6 heteroatoms. The van der Waals surface area contributed by atoms with E-state index in [9.17, 15) is 9.59 Å². The van der Waals surface area contributed by atoms with Gasteiger partial charge in [-0.1, -0.05) is 70.0 Å². The van der Waals surface area contributed by atoms with Gasteiger partial charge in [0.05, 0.1) is 0 Å². The molecule has 0 radical (unpaired) electrons. The molecule has 0 heterocycles. The van der Waals surface area contributed by atoms with E-state index in [2.05, 4.69) is 15.9 Å². The van der Waals surface area contributed by atoms with Crippen LogP contribution in [0.5, 0.6) is 5.75 Å². The van der Waals surface area contributed by atoms with Crippen LogP contribution in [-0.2, 0) is 11.3 Å². The summed E-state index contributed by atoms with van der Waals surface area (Å²) in [6.45, 7) is -0.0777. The van der Waals surface area contributed by atoms with Gasteiger partial charge in [0.2, 0.25) is 0 Å². The summed E-state index contributed by atoms with van der Waals surface area (Å²) in [6.07, 6.45) is 0. The zero-order chi connectivity index (χ0) is 19.9. The molecule has 0 aromatic heterocycles. The number of carbonyl (C=O) groups excluding carboxylic acids is 2. The summed E-state index contributed by atoms with van der Waals surface area (Å²) in [5.41, 5.74) is 1.59. The van der Waals surface area contributed by atoms with Gasteiger partial charge in [-0.15, -0.1) is 0 Å². The van der Waals surface area contributed by atoms with Gasteiger partial charge in [0, 0.05) is 15.1 Å². The van der Waals surface area contributed by atoms with E-state index in [0.717, 1.165) is 10.0 Å². The number of esters is 1. The first kappa shape index (κ1) is 20.1. The molecule has 0 saturated carbocycles. The summed E-state index contributed by atoms with van der Waals surface area (Å²) < 4.78 is 11.8. The maximum absolute atomic E-state index is 12.5. The predicted molar refractivity (Wildman–Crippen MR) is 111 cm³/mol. The lowest BCUT2D eigenvalue weighted by atomic mass is 10.1. The molecule has 0 aliphatic heterocycles. The van der Waals surface area contributed by atoms with Gasteiger partial charge in [0.25, 0.3) is 0 Å². The topological polar surface area (TPSA) is 52.6 Å². The number of ether oxygens (including phenoxy) is 2. The third-order valence-corrected chi connectivity index (χ3v) is 4.66. The average molecular weight is 460 g/mol. The standard InChI is InChI=1S/C22H16BrClO4/c23-17-8-6-16(7-9-17)20(25)14-28-22(26)19-12-18(24)10-11-21(19)27-13-15-4-2-1-3-5-15/h1-12H,13-14H2. The van der Waals surface area contributed by atoms with Crippen LogP contribution in [0, 0.1) is 0 Å². The largest absolute Gasteiger partial charge is 0.488 e. The highest BCUT2D eigenvalue weighted by Crippen LogP contribution is 2.25. The van der Waals surface area contributed by atoms with Crippen molar-refractivity contribution in [1.29, 1.82) is 0 Å². The van der Waals surface area contributed by atoms with Crippen molar-refractivity contribution in [2.45, 2.75) is 6.61 Å². The number of hydrogen-bond acceptors (Lipinski definition) is 4. The molecule has 142 valence electrons. The second-order valence-electron chi connectivity index (χ2n) is 5.92. The van der Waals surface area contributed by atoms with E-state index in [1.165, 1.54) is 6.07 Å². The van der Waals surface area contributed by atoms with Crippen LogP contribution in [0.25, 0.3) is 0 Å². The molecule has 0 aliphatic carbocycles. The van der Waals surface area contributed by atoms with Gasteiger partial charge >= 0.3 is 5.97 Å². The fraction of sp³-hybridized carbons (Fsp3) is 0.0909. The lowest BCUT2D eigenvalue weighted by Gasteiger charge is -2.12. The Balaban J connectivity index is 1.67. The van der Waals surface area contributed by atoms with Gasteiger partial charge in [-0.25, -0.2) is 4.79 Å². The maximum atomic E-state index is 12.5. The first-order valence-electron chi connectivity index (χ1n) is 8.45. The Morgan fingerprint density at radius 1 is 0.929 bits per heavy atom. The summed E-state index contributed by atoms with van der Waals surface area (Å²) in [5, 5.41) is 0.373. The van der Waals surface area contributed by atoms with E-state index >= 15 is 0 Å². The van der Waals surface area contributed by atoms with Crippen LogP contribution in [0.15, 0.2) is 77.3 Å². The van der Waals surface area contributed by atoms with Crippen LogP contribution in [-0.4, -0.2) is 18.4 Å². The number of ketones is 1. The number of halogens is 2. The predicted octanol–water partition coefficient (Wildman–Crippen LogP) is 5.72. The number of rotatable bonds is 7. The van der Waals surface area contributed by atoms with E-state index in [-0.39, 0.29) is 18.0 Å². The molecular formula is C22H16BrClO4. The quantitative estimate of drug-likeness (QED) is 0.335. The van der Waals surface area contributed by atoms with Crippen molar-refractivity contribution < 1.29 is 19.1 Å². The van der Waals surface area contributed by atoms with E-state index < -0.39 is 5.97 Å². The molecule has 0 unspecified atom stereocenters. The Kier molecular flexibility index (Phi) is 6.85.